The maximum Gasteiger partial charge on any atom is 0.169 e. The van der Waals surface area contributed by atoms with Crippen molar-refractivity contribution >= 4 is 23.1 Å². The van der Waals surface area contributed by atoms with Gasteiger partial charge in [-0.25, -0.2) is 8.96 Å². The fraction of sp³-hybridized carbons (Fsp3) is 0.0870. The zero-order valence-electron chi connectivity index (χ0n) is 14.6. The molecule has 2 aromatic heterocycles. The lowest BCUT2D eigenvalue weighted by Crippen LogP contribution is -2.25. The Morgan fingerprint density at radius 2 is 1.65 bits per heavy atom. The summed E-state index contributed by atoms with van der Waals surface area (Å²) in [6, 6.07) is 19.3. The van der Waals surface area contributed by atoms with Gasteiger partial charge in [-0.1, -0.05) is 48.6 Å². The molecular weight excluding hydrogens is 323 g/mol. The van der Waals surface area contributed by atoms with Crippen molar-refractivity contribution in [1.29, 1.82) is 0 Å². The van der Waals surface area contributed by atoms with Gasteiger partial charge in [-0.2, -0.15) is 0 Å². The van der Waals surface area contributed by atoms with Crippen LogP contribution >= 0.6 is 0 Å². The molecule has 2 nitrogen and oxygen atoms in total. The number of aromatic nitrogens is 2. The SMILES string of the molecule is C[n+]1ccc(/C=C/c2cn(Cc3ccccc3F)c3ccccc23)cc1. The zero-order valence-corrected chi connectivity index (χ0v) is 14.6. The number of halogens is 1. The molecule has 0 bridgehead atoms. The minimum absolute atomic E-state index is 0.167. The molecule has 4 aromatic rings. The molecule has 0 saturated heterocycles. The van der Waals surface area contributed by atoms with Gasteiger partial charge in [0.1, 0.15) is 12.9 Å². The Kier molecular flexibility index (Phi) is 4.36. The molecule has 3 heteroatoms. The van der Waals surface area contributed by atoms with Crippen LogP contribution in [0.1, 0.15) is 16.7 Å². The minimum Gasteiger partial charge on any atom is -0.342 e. The van der Waals surface area contributed by atoms with Crippen LogP contribution in [0.15, 0.2) is 79.3 Å². The van der Waals surface area contributed by atoms with E-state index in [1.165, 1.54) is 11.5 Å². The van der Waals surface area contributed by atoms with E-state index in [1.54, 1.807) is 6.07 Å². The van der Waals surface area contributed by atoms with Gasteiger partial charge in [0.2, 0.25) is 0 Å². The third kappa shape index (κ3) is 3.29. The summed E-state index contributed by atoms with van der Waals surface area (Å²) in [7, 11) is 2.00. The van der Waals surface area contributed by atoms with Gasteiger partial charge >= 0.3 is 0 Å². The summed E-state index contributed by atoms with van der Waals surface area (Å²) in [5.41, 5.74) is 4.08. The summed E-state index contributed by atoms with van der Waals surface area (Å²) in [5, 5.41) is 1.17. The molecule has 2 heterocycles. The summed E-state index contributed by atoms with van der Waals surface area (Å²) in [5.74, 6) is -0.167. The minimum atomic E-state index is -0.167. The van der Waals surface area contributed by atoms with Gasteiger partial charge in [-0.3, -0.25) is 0 Å². The molecule has 0 aliphatic rings. The van der Waals surface area contributed by atoms with Gasteiger partial charge in [-0.05, 0) is 17.7 Å². The van der Waals surface area contributed by atoms with E-state index in [0.717, 1.165) is 16.6 Å². The summed E-state index contributed by atoms with van der Waals surface area (Å²) in [4.78, 5) is 0. The predicted octanol–water partition coefficient (Wildman–Crippen LogP) is 4.82. The van der Waals surface area contributed by atoms with Crippen molar-refractivity contribution in [3.8, 4) is 0 Å². The number of hydrogen-bond acceptors (Lipinski definition) is 0. The number of aryl methyl sites for hydroxylation is 1. The number of pyridine rings is 1. The van der Waals surface area contributed by atoms with E-state index in [-0.39, 0.29) is 5.82 Å². The van der Waals surface area contributed by atoms with Crippen LogP contribution in [-0.4, -0.2) is 4.57 Å². The second kappa shape index (κ2) is 6.96. The smallest absolute Gasteiger partial charge is 0.169 e. The van der Waals surface area contributed by atoms with Crippen molar-refractivity contribution in [3.05, 3.63) is 102 Å². The van der Waals surface area contributed by atoms with Crippen LogP contribution < -0.4 is 4.57 Å². The first-order valence-corrected chi connectivity index (χ1v) is 8.65. The Hall–Kier alpha value is -3.20. The lowest BCUT2D eigenvalue weighted by Gasteiger charge is -2.06. The number of nitrogens with zero attached hydrogens (tertiary/aromatic N) is 2. The Morgan fingerprint density at radius 1 is 0.923 bits per heavy atom. The summed E-state index contributed by atoms with van der Waals surface area (Å²) >= 11 is 0. The second-order valence-electron chi connectivity index (χ2n) is 6.45. The van der Waals surface area contributed by atoms with E-state index >= 15 is 0 Å². The summed E-state index contributed by atoms with van der Waals surface area (Å²) in [6.07, 6.45) is 10.4. The van der Waals surface area contributed by atoms with Crippen LogP contribution in [0.4, 0.5) is 4.39 Å². The lowest BCUT2D eigenvalue weighted by atomic mass is 10.1. The van der Waals surface area contributed by atoms with Gasteiger partial charge in [0.15, 0.2) is 12.4 Å². The van der Waals surface area contributed by atoms with E-state index in [4.69, 9.17) is 0 Å². The first-order chi connectivity index (χ1) is 12.7. The topological polar surface area (TPSA) is 8.81 Å². The fourth-order valence-corrected chi connectivity index (χ4v) is 3.16. The summed E-state index contributed by atoms with van der Waals surface area (Å²) < 4.78 is 18.2. The first kappa shape index (κ1) is 16.3. The van der Waals surface area contributed by atoms with E-state index in [9.17, 15) is 4.39 Å². The van der Waals surface area contributed by atoms with Crippen molar-refractivity contribution in [2.75, 3.05) is 0 Å². The maximum atomic E-state index is 14.1. The van der Waals surface area contributed by atoms with E-state index in [1.807, 2.05) is 48.3 Å². The average Bonchev–Trinajstić information content (AvgIpc) is 3.01. The van der Waals surface area contributed by atoms with Crippen LogP contribution in [0.3, 0.4) is 0 Å². The van der Waals surface area contributed by atoms with Crippen LogP contribution in [0, 0.1) is 5.82 Å². The summed E-state index contributed by atoms with van der Waals surface area (Å²) in [6.45, 7) is 0.516. The van der Waals surface area contributed by atoms with Crippen molar-refractivity contribution in [2.45, 2.75) is 6.54 Å². The molecule has 0 aliphatic heterocycles. The number of rotatable bonds is 4. The van der Waals surface area contributed by atoms with Crippen molar-refractivity contribution in [2.24, 2.45) is 7.05 Å². The van der Waals surface area contributed by atoms with Crippen LogP contribution in [0.5, 0.6) is 0 Å². The number of fused-ring (bicyclic) bond motifs is 1. The van der Waals surface area contributed by atoms with Crippen molar-refractivity contribution in [1.82, 2.24) is 4.57 Å². The van der Waals surface area contributed by atoms with Crippen LogP contribution in [-0.2, 0) is 13.6 Å². The molecule has 0 spiro atoms. The Labute approximate surface area is 152 Å². The van der Waals surface area contributed by atoms with Crippen LogP contribution in [0.2, 0.25) is 0 Å². The Balaban J connectivity index is 1.72. The van der Waals surface area contributed by atoms with Crippen LogP contribution in [0.25, 0.3) is 23.1 Å². The highest BCUT2D eigenvalue weighted by Crippen LogP contribution is 2.24. The monoisotopic (exact) mass is 343 g/mol. The molecule has 2 aromatic carbocycles. The molecule has 0 aliphatic carbocycles. The van der Waals surface area contributed by atoms with E-state index in [2.05, 4.69) is 47.2 Å². The molecule has 0 radical (unpaired) electrons. The quantitative estimate of drug-likeness (QED) is 0.470. The van der Waals surface area contributed by atoms with Gasteiger partial charge in [0.25, 0.3) is 0 Å². The molecule has 0 N–H and O–H groups in total. The number of hydrogen-bond donors (Lipinski definition) is 0. The third-order valence-corrected chi connectivity index (χ3v) is 4.58. The number of benzene rings is 2. The van der Waals surface area contributed by atoms with Gasteiger partial charge in [0.05, 0.1) is 6.54 Å². The highest BCUT2D eigenvalue weighted by atomic mass is 19.1. The van der Waals surface area contributed by atoms with Gasteiger partial charge in [-0.15, -0.1) is 0 Å². The highest BCUT2D eigenvalue weighted by molar-refractivity contribution is 5.92. The van der Waals surface area contributed by atoms with E-state index in [0.29, 0.717) is 12.1 Å². The predicted molar refractivity (Wildman–Crippen MR) is 104 cm³/mol. The normalized spacial score (nSPS) is 11.5. The van der Waals surface area contributed by atoms with Crippen molar-refractivity contribution in [3.63, 3.8) is 0 Å². The Bertz CT molecular complexity index is 1080. The van der Waals surface area contributed by atoms with Gasteiger partial charge < -0.3 is 4.57 Å². The number of para-hydroxylation sites is 1. The van der Waals surface area contributed by atoms with Gasteiger partial charge in [0, 0.05) is 40.4 Å². The molecule has 0 atom stereocenters. The molecule has 0 amide bonds. The molecule has 0 unspecified atom stereocenters. The van der Waals surface area contributed by atoms with Crippen molar-refractivity contribution < 1.29 is 8.96 Å². The molecule has 128 valence electrons. The first-order valence-electron chi connectivity index (χ1n) is 8.65. The third-order valence-electron chi connectivity index (χ3n) is 4.58. The molecule has 0 fully saturated rings. The lowest BCUT2D eigenvalue weighted by molar-refractivity contribution is -0.671. The molecular formula is C23H20FN2+. The molecule has 26 heavy (non-hydrogen) atoms. The highest BCUT2D eigenvalue weighted by Gasteiger charge is 2.08. The Morgan fingerprint density at radius 3 is 2.46 bits per heavy atom. The average molecular weight is 343 g/mol. The maximum absolute atomic E-state index is 14.1. The largest absolute Gasteiger partial charge is 0.342 e. The second-order valence-corrected chi connectivity index (χ2v) is 6.45. The molecule has 4 rings (SSSR count). The standard InChI is InChI=1S/C23H20FN2/c1-25-14-12-18(13-15-25)10-11-19-16-26(23-9-5-3-7-21(19)23)17-20-6-2-4-8-22(20)24/h2-16H,17H2,1H3/q+1. The molecule has 0 saturated carbocycles. The zero-order chi connectivity index (χ0) is 17.9. The van der Waals surface area contributed by atoms with E-state index < -0.39 is 0 Å². The fourth-order valence-electron chi connectivity index (χ4n) is 3.16.